The summed E-state index contributed by atoms with van der Waals surface area (Å²) in [6.07, 6.45) is 0.301. The molecule has 0 aliphatic heterocycles. The Hall–Kier alpha value is -1.98. The molecule has 0 bridgehead atoms. The predicted octanol–water partition coefficient (Wildman–Crippen LogP) is 3.66. The third-order valence-electron chi connectivity index (χ3n) is 3.04. The first-order valence-corrected chi connectivity index (χ1v) is 8.34. The second-order valence-electron chi connectivity index (χ2n) is 4.75. The van der Waals surface area contributed by atoms with Gasteiger partial charge in [-0.1, -0.05) is 35.9 Å². The van der Waals surface area contributed by atoms with E-state index in [9.17, 15) is 9.59 Å². The normalized spacial score (nSPS) is 10.3. The summed E-state index contributed by atoms with van der Waals surface area (Å²) in [7, 11) is 0. The lowest BCUT2D eigenvalue weighted by Gasteiger charge is -2.06. The Balaban J connectivity index is 1.73. The van der Waals surface area contributed by atoms with Gasteiger partial charge in [-0.05, 0) is 29.8 Å². The summed E-state index contributed by atoms with van der Waals surface area (Å²) in [6, 6.07) is 14.2. The van der Waals surface area contributed by atoms with Gasteiger partial charge in [0.1, 0.15) is 6.61 Å². The SMILES string of the molecule is NC(=O)c1ccc(COC(=O)CCSc2ccccc2Cl)cc1. The van der Waals surface area contributed by atoms with E-state index in [1.807, 2.05) is 24.3 Å². The second-order valence-corrected chi connectivity index (χ2v) is 6.29. The summed E-state index contributed by atoms with van der Waals surface area (Å²) in [5.74, 6) is -0.155. The topological polar surface area (TPSA) is 69.4 Å². The first-order valence-electron chi connectivity index (χ1n) is 6.98. The van der Waals surface area contributed by atoms with Crippen molar-refractivity contribution in [1.29, 1.82) is 0 Å². The minimum absolute atomic E-state index is 0.175. The van der Waals surface area contributed by atoms with Crippen LogP contribution in [0.1, 0.15) is 22.3 Å². The van der Waals surface area contributed by atoms with Crippen LogP contribution in [0.3, 0.4) is 0 Å². The van der Waals surface area contributed by atoms with Crippen molar-refractivity contribution in [3.05, 3.63) is 64.7 Å². The number of thioether (sulfide) groups is 1. The summed E-state index contributed by atoms with van der Waals surface area (Å²) < 4.78 is 5.20. The molecule has 2 aromatic rings. The number of ether oxygens (including phenoxy) is 1. The van der Waals surface area contributed by atoms with E-state index in [2.05, 4.69) is 0 Å². The minimum atomic E-state index is -0.481. The molecule has 0 aliphatic carbocycles. The van der Waals surface area contributed by atoms with Crippen LogP contribution in [0, 0.1) is 0 Å². The number of hydrogen-bond acceptors (Lipinski definition) is 4. The maximum atomic E-state index is 11.7. The summed E-state index contributed by atoms with van der Waals surface area (Å²) in [6.45, 7) is 0.175. The first kappa shape index (κ1) is 17.4. The molecule has 2 aromatic carbocycles. The van der Waals surface area contributed by atoms with Crippen LogP contribution in [0.2, 0.25) is 5.02 Å². The van der Waals surface area contributed by atoms with Crippen LogP contribution in [0.4, 0.5) is 0 Å². The summed E-state index contributed by atoms with van der Waals surface area (Å²) in [5, 5.41) is 0.681. The summed E-state index contributed by atoms with van der Waals surface area (Å²) in [5.41, 5.74) is 6.40. The van der Waals surface area contributed by atoms with Gasteiger partial charge in [-0.25, -0.2) is 0 Å². The maximum absolute atomic E-state index is 11.7. The van der Waals surface area contributed by atoms with Crippen molar-refractivity contribution >= 4 is 35.2 Å². The van der Waals surface area contributed by atoms with Crippen molar-refractivity contribution in [2.45, 2.75) is 17.9 Å². The number of amides is 1. The lowest BCUT2D eigenvalue weighted by atomic mass is 10.1. The molecule has 6 heteroatoms. The second kappa shape index (κ2) is 8.60. The molecule has 0 saturated heterocycles. The number of nitrogens with two attached hydrogens (primary N) is 1. The van der Waals surface area contributed by atoms with E-state index in [0.717, 1.165) is 10.5 Å². The number of carbonyl (C=O) groups excluding carboxylic acids is 2. The molecule has 0 heterocycles. The van der Waals surface area contributed by atoms with Gasteiger partial charge in [0.05, 0.1) is 11.4 Å². The zero-order valence-electron chi connectivity index (χ0n) is 12.3. The van der Waals surface area contributed by atoms with Crippen LogP contribution in [0.25, 0.3) is 0 Å². The predicted molar refractivity (Wildman–Crippen MR) is 91.5 cm³/mol. The average molecular weight is 350 g/mol. The van der Waals surface area contributed by atoms with Gasteiger partial charge in [0.15, 0.2) is 0 Å². The highest BCUT2D eigenvalue weighted by atomic mass is 35.5. The Kier molecular flexibility index (Phi) is 6.50. The van der Waals surface area contributed by atoms with Crippen molar-refractivity contribution in [1.82, 2.24) is 0 Å². The van der Waals surface area contributed by atoms with Gasteiger partial charge in [-0.3, -0.25) is 9.59 Å². The van der Waals surface area contributed by atoms with Crippen molar-refractivity contribution in [3.8, 4) is 0 Å². The van der Waals surface area contributed by atoms with Crippen molar-refractivity contribution in [3.63, 3.8) is 0 Å². The van der Waals surface area contributed by atoms with Crippen LogP contribution in [0.5, 0.6) is 0 Å². The first-order chi connectivity index (χ1) is 11.1. The molecule has 0 aliphatic rings. The van der Waals surface area contributed by atoms with Crippen LogP contribution in [0.15, 0.2) is 53.4 Å². The van der Waals surface area contributed by atoms with Gasteiger partial charge in [0.25, 0.3) is 0 Å². The van der Waals surface area contributed by atoms with Crippen molar-refractivity contribution in [2.24, 2.45) is 5.73 Å². The Morgan fingerprint density at radius 1 is 1.09 bits per heavy atom. The summed E-state index contributed by atoms with van der Waals surface area (Å²) >= 11 is 7.56. The van der Waals surface area contributed by atoms with Crippen molar-refractivity contribution < 1.29 is 14.3 Å². The molecule has 23 heavy (non-hydrogen) atoms. The number of rotatable bonds is 7. The summed E-state index contributed by atoms with van der Waals surface area (Å²) in [4.78, 5) is 23.6. The molecular formula is C17H16ClNO3S. The standard InChI is InChI=1S/C17H16ClNO3S/c18-14-3-1-2-4-15(14)23-10-9-16(20)22-11-12-5-7-13(8-6-12)17(19)21/h1-8H,9-11H2,(H2,19,21). The van der Waals surface area contributed by atoms with Crippen LogP contribution < -0.4 is 5.73 Å². The van der Waals surface area contributed by atoms with Crippen LogP contribution in [-0.2, 0) is 16.1 Å². The Morgan fingerprint density at radius 2 is 1.78 bits per heavy atom. The quantitative estimate of drug-likeness (QED) is 0.611. The lowest BCUT2D eigenvalue weighted by Crippen LogP contribution is -2.11. The smallest absolute Gasteiger partial charge is 0.306 e. The number of carbonyl (C=O) groups is 2. The van der Waals surface area contributed by atoms with Gasteiger partial charge in [0, 0.05) is 16.2 Å². The third-order valence-corrected chi connectivity index (χ3v) is 4.56. The average Bonchev–Trinajstić information content (AvgIpc) is 2.55. The number of hydrogen-bond donors (Lipinski definition) is 1. The third kappa shape index (κ3) is 5.62. The fourth-order valence-corrected chi connectivity index (χ4v) is 2.98. The zero-order valence-corrected chi connectivity index (χ0v) is 13.9. The molecule has 1 amide bonds. The molecule has 0 spiro atoms. The Bertz CT molecular complexity index is 688. The number of halogens is 1. The van der Waals surface area contributed by atoms with E-state index in [1.165, 1.54) is 11.8 Å². The van der Waals surface area contributed by atoms with E-state index < -0.39 is 5.91 Å². The lowest BCUT2D eigenvalue weighted by molar-refractivity contribution is -0.144. The molecule has 0 aromatic heterocycles. The maximum Gasteiger partial charge on any atom is 0.306 e. The van der Waals surface area contributed by atoms with Gasteiger partial charge in [-0.2, -0.15) is 0 Å². The van der Waals surface area contributed by atoms with E-state index in [4.69, 9.17) is 22.1 Å². The van der Waals surface area contributed by atoms with Crippen molar-refractivity contribution in [2.75, 3.05) is 5.75 Å². The molecule has 0 radical (unpaired) electrons. The molecular weight excluding hydrogens is 334 g/mol. The highest BCUT2D eigenvalue weighted by Gasteiger charge is 2.06. The molecule has 2 N–H and O–H groups in total. The van der Waals surface area contributed by atoms with E-state index >= 15 is 0 Å². The largest absolute Gasteiger partial charge is 0.461 e. The van der Waals surface area contributed by atoms with Gasteiger partial charge < -0.3 is 10.5 Å². The molecule has 0 saturated carbocycles. The van der Waals surface area contributed by atoms with Crippen LogP contribution in [-0.4, -0.2) is 17.6 Å². The zero-order chi connectivity index (χ0) is 16.7. The highest BCUT2D eigenvalue weighted by Crippen LogP contribution is 2.26. The molecule has 0 fully saturated rings. The number of esters is 1. The van der Waals surface area contributed by atoms with Crippen LogP contribution >= 0.6 is 23.4 Å². The highest BCUT2D eigenvalue weighted by molar-refractivity contribution is 7.99. The van der Waals surface area contributed by atoms with E-state index in [-0.39, 0.29) is 12.6 Å². The van der Waals surface area contributed by atoms with E-state index in [0.29, 0.717) is 22.8 Å². The molecule has 4 nitrogen and oxygen atoms in total. The Morgan fingerprint density at radius 3 is 2.43 bits per heavy atom. The fraction of sp³-hybridized carbons (Fsp3) is 0.176. The molecule has 120 valence electrons. The molecule has 2 rings (SSSR count). The fourth-order valence-electron chi connectivity index (χ4n) is 1.81. The number of primary amides is 1. The molecule has 0 unspecified atom stereocenters. The number of benzene rings is 2. The van der Waals surface area contributed by atoms with Gasteiger partial charge in [0.2, 0.25) is 5.91 Å². The minimum Gasteiger partial charge on any atom is -0.461 e. The van der Waals surface area contributed by atoms with E-state index in [1.54, 1.807) is 24.3 Å². The Labute approximate surface area is 144 Å². The monoisotopic (exact) mass is 349 g/mol. The molecule has 0 atom stereocenters. The van der Waals surface area contributed by atoms with Gasteiger partial charge in [-0.15, -0.1) is 11.8 Å². The van der Waals surface area contributed by atoms with Gasteiger partial charge >= 0.3 is 5.97 Å².